The third-order valence-electron chi connectivity index (χ3n) is 4.09. The molecule has 28 heavy (non-hydrogen) atoms. The number of carbonyl (C=O) groups excluding carboxylic acids is 2. The maximum Gasteiger partial charge on any atom is 0.254 e. The molecule has 0 aliphatic heterocycles. The molecule has 0 saturated heterocycles. The monoisotopic (exact) mass is 398 g/mol. The Morgan fingerprint density at radius 3 is 2.43 bits per heavy atom. The Kier molecular flexibility index (Phi) is 6.08. The number of halogens is 1. The molecule has 4 N–H and O–H groups in total. The van der Waals surface area contributed by atoms with Crippen LogP contribution in [-0.2, 0) is 9.59 Å². The maximum atomic E-state index is 12.3. The molecule has 0 spiro atoms. The summed E-state index contributed by atoms with van der Waals surface area (Å²) < 4.78 is 0. The Morgan fingerprint density at radius 2 is 1.75 bits per heavy atom. The summed E-state index contributed by atoms with van der Waals surface area (Å²) >= 11 is 5.80. The van der Waals surface area contributed by atoms with E-state index in [-0.39, 0.29) is 0 Å². The van der Waals surface area contributed by atoms with Crippen LogP contribution in [0.25, 0.3) is 11.3 Å². The van der Waals surface area contributed by atoms with Crippen molar-refractivity contribution < 1.29 is 14.7 Å². The van der Waals surface area contributed by atoms with Crippen LogP contribution in [0.5, 0.6) is 0 Å². The van der Waals surface area contributed by atoms with Crippen LogP contribution in [0.1, 0.15) is 18.6 Å². The van der Waals surface area contributed by atoms with Gasteiger partial charge in [-0.1, -0.05) is 54.1 Å². The second kappa shape index (κ2) is 8.69. The van der Waals surface area contributed by atoms with E-state index in [1.165, 1.54) is 6.92 Å². The van der Waals surface area contributed by atoms with Gasteiger partial charge >= 0.3 is 0 Å². The summed E-state index contributed by atoms with van der Waals surface area (Å²) in [7, 11) is 0. The standard InChI is InChI=1S/C20H19ClN4O3/c1-12(22-20(28)18(26)14-7-9-15(21)10-8-14)19(27)23-17-11-16(24-25-17)13-5-3-2-4-6-13/h2-12,18,26H,1H3,(H,22,28)(H2,23,24,25,27). The molecular weight excluding hydrogens is 380 g/mol. The lowest BCUT2D eigenvalue weighted by Crippen LogP contribution is -2.43. The molecular formula is C20H19ClN4O3. The molecule has 3 aromatic rings. The van der Waals surface area contributed by atoms with Gasteiger partial charge in [0.2, 0.25) is 5.91 Å². The van der Waals surface area contributed by atoms with E-state index in [9.17, 15) is 14.7 Å². The van der Waals surface area contributed by atoms with Crippen molar-refractivity contribution in [3.05, 3.63) is 71.2 Å². The van der Waals surface area contributed by atoms with Gasteiger partial charge < -0.3 is 15.7 Å². The highest BCUT2D eigenvalue weighted by Gasteiger charge is 2.22. The highest BCUT2D eigenvalue weighted by atomic mass is 35.5. The third-order valence-corrected chi connectivity index (χ3v) is 4.34. The summed E-state index contributed by atoms with van der Waals surface area (Å²) in [6.45, 7) is 1.52. The van der Waals surface area contributed by atoms with Crippen LogP contribution in [0.4, 0.5) is 5.82 Å². The first-order valence-electron chi connectivity index (χ1n) is 8.59. The van der Waals surface area contributed by atoms with Gasteiger partial charge in [-0.2, -0.15) is 5.10 Å². The summed E-state index contributed by atoms with van der Waals surface area (Å²) in [5.41, 5.74) is 1.98. The molecule has 0 bridgehead atoms. The van der Waals surface area contributed by atoms with Gasteiger partial charge in [-0.3, -0.25) is 14.7 Å². The maximum absolute atomic E-state index is 12.3. The SMILES string of the molecule is CC(NC(=O)C(O)c1ccc(Cl)cc1)C(=O)Nc1cc(-c2ccccc2)n[nH]1. The average Bonchev–Trinajstić information content (AvgIpc) is 3.17. The van der Waals surface area contributed by atoms with Gasteiger partial charge in [0.25, 0.3) is 5.91 Å². The van der Waals surface area contributed by atoms with Crippen LogP contribution in [0.2, 0.25) is 5.02 Å². The molecule has 0 fully saturated rings. The number of aromatic nitrogens is 2. The molecule has 2 aromatic carbocycles. The van der Waals surface area contributed by atoms with Crippen LogP contribution in [0, 0.1) is 0 Å². The first kappa shape index (κ1) is 19.6. The van der Waals surface area contributed by atoms with E-state index in [0.29, 0.717) is 22.1 Å². The summed E-state index contributed by atoms with van der Waals surface area (Å²) in [5.74, 6) is -0.720. The number of hydrogen-bond acceptors (Lipinski definition) is 4. The number of amides is 2. The largest absolute Gasteiger partial charge is 0.378 e. The molecule has 1 aromatic heterocycles. The second-order valence-corrected chi connectivity index (χ2v) is 6.64. The summed E-state index contributed by atoms with van der Waals surface area (Å²) in [5, 5.41) is 22.7. The van der Waals surface area contributed by atoms with E-state index in [1.54, 1.807) is 30.3 Å². The number of rotatable bonds is 6. The average molecular weight is 399 g/mol. The number of H-pyrrole nitrogens is 1. The molecule has 8 heteroatoms. The van der Waals surface area contributed by atoms with Gasteiger partial charge in [-0.05, 0) is 24.6 Å². The Morgan fingerprint density at radius 1 is 1.07 bits per heavy atom. The number of nitrogens with one attached hydrogen (secondary N) is 3. The van der Waals surface area contributed by atoms with Crippen molar-refractivity contribution in [2.75, 3.05) is 5.32 Å². The lowest BCUT2D eigenvalue weighted by molar-refractivity contribution is -0.132. The minimum absolute atomic E-state index is 0.385. The molecule has 2 atom stereocenters. The van der Waals surface area contributed by atoms with Crippen molar-refractivity contribution in [2.45, 2.75) is 19.1 Å². The number of aliphatic hydroxyl groups excluding tert-OH is 1. The Hall–Kier alpha value is -3.16. The highest BCUT2D eigenvalue weighted by Crippen LogP contribution is 2.19. The van der Waals surface area contributed by atoms with Crippen molar-refractivity contribution in [3.63, 3.8) is 0 Å². The van der Waals surface area contributed by atoms with E-state index in [4.69, 9.17) is 11.6 Å². The van der Waals surface area contributed by atoms with Crippen LogP contribution in [0.3, 0.4) is 0 Å². The van der Waals surface area contributed by atoms with Crippen molar-refractivity contribution in [2.24, 2.45) is 0 Å². The minimum Gasteiger partial charge on any atom is -0.378 e. The smallest absolute Gasteiger partial charge is 0.254 e. The lowest BCUT2D eigenvalue weighted by Gasteiger charge is -2.16. The van der Waals surface area contributed by atoms with Gasteiger partial charge in [0.05, 0.1) is 5.69 Å². The zero-order valence-corrected chi connectivity index (χ0v) is 15.8. The number of hydrogen-bond donors (Lipinski definition) is 4. The van der Waals surface area contributed by atoms with Crippen molar-refractivity contribution in [1.29, 1.82) is 0 Å². The molecule has 0 aliphatic carbocycles. The Balaban J connectivity index is 1.58. The van der Waals surface area contributed by atoms with Crippen LogP contribution >= 0.6 is 11.6 Å². The summed E-state index contributed by atoms with van der Waals surface area (Å²) in [6, 6.07) is 16.6. The molecule has 2 unspecified atom stereocenters. The molecule has 0 radical (unpaired) electrons. The number of aromatic amines is 1. The number of carbonyl (C=O) groups is 2. The van der Waals surface area contributed by atoms with Crippen molar-refractivity contribution in [3.8, 4) is 11.3 Å². The van der Waals surface area contributed by atoms with E-state index < -0.39 is 24.0 Å². The zero-order chi connectivity index (χ0) is 20.1. The van der Waals surface area contributed by atoms with Gasteiger partial charge in [0.15, 0.2) is 6.10 Å². The minimum atomic E-state index is -1.40. The van der Waals surface area contributed by atoms with Crippen molar-refractivity contribution >= 4 is 29.2 Å². The third kappa shape index (κ3) is 4.76. The lowest BCUT2D eigenvalue weighted by atomic mass is 10.1. The molecule has 2 amide bonds. The molecule has 0 saturated carbocycles. The molecule has 144 valence electrons. The fourth-order valence-corrected chi connectivity index (χ4v) is 2.66. The number of aliphatic hydroxyl groups is 1. The number of benzene rings is 2. The van der Waals surface area contributed by atoms with Gasteiger partial charge in [-0.15, -0.1) is 0 Å². The highest BCUT2D eigenvalue weighted by molar-refractivity contribution is 6.30. The number of anilines is 1. The normalized spacial score (nSPS) is 12.8. The van der Waals surface area contributed by atoms with E-state index >= 15 is 0 Å². The zero-order valence-electron chi connectivity index (χ0n) is 15.0. The van der Waals surface area contributed by atoms with Gasteiger partial charge in [0.1, 0.15) is 11.9 Å². The van der Waals surface area contributed by atoms with Gasteiger partial charge in [0, 0.05) is 16.7 Å². The number of nitrogens with zero attached hydrogens (tertiary/aromatic N) is 1. The second-order valence-electron chi connectivity index (χ2n) is 6.21. The Bertz CT molecular complexity index is 957. The molecule has 3 rings (SSSR count). The van der Waals surface area contributed by atoms with Crippen LogP contribution in [0.15, 0.2) is 60.7 Å². The summed E-state index contributed by atoms with van der Waals surface area (Å²) in [4.78, 5) is 24.5. The summed E-state index contributed by atoms with van der Waals surface area (Å²) in [6.07, 6.45) is -1.40. The predicted octanol–water partition coefficient (Wildman–Crippen LogP) is 2.91. The van der Waals surface area contributed by atoms with E-state index in [1.807, 2.05) is 30.3 Å². The van der Waals surface area contributed by atoms with E-state index in [0.717, 1.165) is 5.56 Å². The quantitative estimate of drug-likeness (QED) is 0.512. The van der Waals surface area contributed by atoms with Gasteiger partial charge in [-0.25, -0.2) is 0 Å². The van der Waals surface area contributed by atoms with Crippen LogP contribution in [-0.4, -0.2) is 33.2 Å². The van der Waals surface area contributed by atoms with Crippen molar-refractivity contribution in [1.82, 2.24) is 15.5 Å². The molecule has 1 heterocycles. The Labute approximate surface area is 166 Å². The first-order chi connectivity index (χ1) is 13.4. The van der Waals surface area contributed by atoms with Crippen LogP contribution < -0.4 is 10.6 Å². The topological polar surface area (TPSA) is 107 Å². The molecule has 0 aliphatic rings. The fraction of sp³-hybridized carbons (Fsp3) is 0.150. The predicted molar refractivity (Wildman–Crippen MR) is 107 cm³/mol. The van der Waals surface area contributed by atoms with E-state index in [2.05, 4.69) is 20.8 Å². The fourth-order valence-electron chi connectivity index (χ4n) is 2.54. The molecule has 7 nitrogen and oxygen atoms in total. The first-order valence-corrected chi connectivity index (χ1v) is 8.97.